The maximum atomic E-state index is 11.7. The van der Waals surface area contributed by atoms with E-state index in [9.17, 15) is 9.59 Å². The van der Waals surface area contributed by atoms with Crippen molar-refractivity contribution in [2.45, 2.75) is 45.8 Å². The summed E-state index contributed by atoms with van der Waals surface area (Å²) < 4.78 is 5.15. The first-order valence-electron chi connectivity index (χ1n) is 6.44. The molecule has 0 aliphatic rings. The molecule has 0 heterocycles. The first kappa shape index (κ1) is 17.2. The Bertz CT molecular complexity index is 585. The molecule has 0 radical (unpaired) electrons. The van der Waals surface area contributed by atoms with Gasteiger partial charge >= 0.3 is 6.09 Å². The molecule has 0 fully saturated rings. The smallest absolute Gasteiger partial charge is 0.412 e. The molecule has 0 aliphatic heterocycles. The van der Waals surface area contributed by atoms with Crippen LogP contribution >= 0.6 is 11.6 Å². The van der Waals surface area contributed by atoms with Gasteiger partial charge in [0, 0.05) is 10.7 Å². The highest BCUT2D eigenvalue weighted by Crippen LogP contribution is 2.32. The van der Waals surface area contributed by atoms with Crippen LogP contribution in [-0.4, -0.2) is 17.8 Å². The van der Waals surface area contributed by atoms with Crippen LogP contribution in [0.5, 0.6) is 0 Å². The van der Waals surface area contributed by atoms with Gasteiger partial charge in [-0.3, -0.25) is 5.32 Å². The molecule has 0 aromatic heterocycles. The molecule has 1 aromatic carbocycles. The third kappa shape index (κ3) is 5.21. The lowest BCUT2D eigenvalue weighted by Crippen LogP contribution is -2.27. The minimum absolute atomic E-state index is 0.396. The number of benzene rings is 1. The lowest BCUT2D eigenvalue weighted by atomic mass is 9.95. The van der Waals surface area contributed by atoms with Crippen LogP contribution in [0.1, 0.15) is 40.2 Å². The second-order valence-corrected chi connectivity index (χ2v) is 6.49. The van der Waals surface area contributed by atoms with Crippen LogP contribution < -0.4 is 5.32 Å². The molecule has 1 rings (SSSR count). The topological polar surface area (TPSA) is 67.8 Å². The average Bonchev–Trinajstić information content (AvgIpc) is 2.25. The van der Waals surface area contributed by atoms with E-state index in [1.807, 2.05) is 0 Å². The summed E-state index contributed by atoms with van der Waals surface area (Å²) in [5.74, 6) is 0. The number of aliphatic imine (C=N–C) groups is 1. The van der Waals surface area contributed by atoms with Crippen molar-refractivity contribution in [1.82, 2.24) is 0 Å². The van der Waals surface area contributed by atoms with Gasteiger partial charge in [0.2, 0.25) is 6.08 Å². The first-order valence-corrected chi connectivity index (χ1v) is 6.82. The number of isocyanates is 1. The molecule has 0 atom stereocenters. The van der Waals surface area contributed by atoms with Gasteiger partial charge in [0.1, 0.15) is 5.60 Å². The molecule has 0 unspecified atom stereocenters. The molecular formula is C15H19ClN2O3. The fourth-order valence-corrected chi connectivity index (χ4v) is 2.10. The Hall–Kier alpha value is -1.84. The highest BCUT2D eigenvalue weighted by atomic mass is 35.5. The molecule has 0 aliphatic carbocycles. The number of amides is 1. The molecule has 1 aromatic rings. The zero-order chi connectivity index (χ0) is 16.3. The van der Waals surface area contributed by atoms with Crippen molar-refractivity contribution in [2.24, 2.45) is 4.99 Å². The van der Waals surface area contributed by atoms with Gasteiger partial charge < -0.3 is 4.74 Å². The van der Waals surface area contributed by atoms with E-state index >= 15 is 0 Å². The summed E-state index contributed by atoms with van der Waals surface area (Å²) in [4.78, 5) is 25.8. The number of hydrogen-bond acceptors (Lipinski definition) is 4. The van der Waals surface area contributed by atoms with Crippen molar-refractivity contribution in [3.63, 3.8) is 0 Å². The molecule has 0 saturated heterocycles. The predicted octanol–water partition coefficient (Wildman–Crippen LogP) is 4.26. The summed E-state index contributed by atoms with van der Waals surface area (Å²) in [5, 5.41) is 2.99. The average molecular weight is 311 g/mol. The van der Waals surface area contributed by atoms with Crippen LogP contribution in [-0.2, 0) is 15.1 Å². The number of anilines is 1. The number of ether oxygens (including phenoxy) is 1. The van der Waals surface area contributed by atoms with E-state index in [1.165, 1.54) is 6.08 Å². The van der Waals surface area contributed by atoms with Crippen LogP contribution in [0.4, 0.5) is 10.5 Å². The number of rotatable bonds is 3. The fraction of sp³-hybridized carbons (Fsp3) is 0.467. The highest BCUT2D eigenvalue weighted by molar-refractivity contribution is 6.31. The van der Waals surface area contributed by atoms with Gasteiger partial charge in [-0.2, -0.15) is 4.99 Å². The third-order valence-electron chi connectivity index (χ3n) is 2.60. The molecule has 0 bridgehead atoms. The number of carbonyl (C=O) groups is 1. The standard InChI is InChI=1S/C15H19ClN2O3/c1-14(2,3)21-13(20)18-10-6-7-11(12(16)8-10)15(4,5)17-9-19/h6-8H,1-5H3,(H,18,20). The Morgan fingerprint density at radius 2 is 1.90 bits per heavy atom. The van der Waals surface area contributed by atoms with E-state index in [4.69, 9.17) is 16.3 Å². The number of nitrogens with one attached hydrogen (secondary N) is 1. The summed E-state index contributed by atoms with van der Waals surface area (Å²) in [6.45, 7) is 8.84. The van der Waals surface area contributed by atoms with E-state index in [-0.39, 0.29) is 0 Å². The zero-order valence-electron chi connectivity index (χ0n) is 12.8. The van der Waals surface area contributed by atoms with Crippen LogP contribution in [0.25, 0.3) is 0 Å². The molecule has 1 N–H and O–H groups in total. The Balaban J connectivity index is 2.93. The Morgan fingerprint density at radius 1 is 1.29 bits per heavy atom. The Labute approximate surface area is 129 Å². The van der Waals surface area contributed by atoms with Gasteiger partial charge in [0.15, 0.2) is 0 Å². The van der Waals surface area contributed by atoms with Crippen molar-refractivity contribution < 1.29 is 14.3 Å². The lowest BCUT2D eigenvalue weighted by Gasteiger charge is -2.21. The second-order valence-electron chi connectivity index (χ2n) is 6.08. The van der Waals surface area contributed by atoms with Crippen molar-refractivity contribution in [1.29, 1.82) is 0 Å². The summed E-state index contributed by atoms with van der Waals surface area (Å²) in [6.07, 6.45) is 0.974. The molecule has 5 nitrogen and oxygen atoms in total. The normalized spacial score (nSPS) is 11.5. The molecular weight excluding hydrogens is 292 g/mol. The Kier molecular flexibility index (Phi) is 5.15. The van der Waals surface area contributed by atoms with Gasteiger partial charge in [-0.05, 0) is 52.3 Å². The molecule has 6 heteroatoms. The summed E-state index contributed by atoms with van der Waals surface area (Å²) in [5.41, 5.74) is -0.177. The minimum atomic E-state index is -0.775. The maximum absolute atomic E-state index is 11.7. The SMILES string of the molecule is CC(C)(C)OC(=O)Nc1ccc(C(C)(C)N=C=O)c(Cl)c1. The monoisotopic (exact) mass is 310 g/mol. The van der Waals surface area contributed by atoms with Crippen molar-refractivity contribution in [3.8, 4) is 0 Å². The molecule has 0 spiro atoms. The van der Waals surface area contributed by atoms with Crippen LogP contribution in [0.15, 0.2) is 23.2 Å². The van der Waals surface area contributed by atoms with E-state index in [2.05, 4.69) is 10.3 Å². The van der Waals surface area contributed by atoms with E-state index < -0.39 is 17.2 Å². The van der Waals surface area contributed by atoms with Gasteiger partial charge in [-0.1, -0.05) is 17.7 Å². The van der Waals surface area contributed by atoms with Gasteiger partial charge in [0.05, 0.1) is 5.54 Å². The van der Waals surface area contributed by atoms with Crippen molar-refractivity contribution in [2.75, 3.05) is 5.32 Å². The van der Waals surface area contributed by atoms with Crippen molar-refractivity contribution >= 4 is 29.5 Å². The number of carbonyl (C=O) groups excluding carboxylic acids is 2. The summed E-state index contributed by atoms with van der Waals surface area (Å²) in [6, 6.07) is 4.96. The summed E-state index contributed by atoms with van der Waals surface area (Å²) >= 11 is 6.18. The number of hydrogen-bond donors (Lipinski definition) is 1. The second kappa shape index (κ2) is 6.29. The zero-order valence-corrected chi connectivity index (χ0v) is 13.5. The van der Waals surface area contributed by atoms with Gasteiger partial charge in [-0.25, -0.2) is 9.59 Å². The first-order chi connectivity index (χ1) is 9.55. The van der Waals surface area contributed by atoms with Crippen molar-refractivity contribution in [3.05, 3.63) is 28.8 Å². The van der Waals surface area contributed by atoms with Crippen LogP contribution in [0.3, 0.4) is 0 Å². The van der Waals surface area contributed by atoms with Crippen LogP contribution in [0, 0.1) is 0 Å². The maximum Gasteiger partial charge on any atom is 0.412 e. The highest BCUT2D eigenvalue weighted by Gasteiger charge is 2.23. The lowest BCUT2D eigenvalue weighted by molar-refractivity contribution is 0.0636. The largest absolute Gasteiger partial charge is 0.444 e. The number of nitrogens with zero attached hydrogens (tertiary/aromatic N) is 1. The van der Waals surface area contributed by atoms with E-state index in [0.717, 1.165) is 0 Å². The molecule has 0 saturated carbocycles. The predicted molar refractivity (Wildman–Crippen MR) is 82.5 cm³/mol. The fourth-order valence-electron chi connectivity index (χ4n) is 1.68. The third-order valence-corrected chi connectivity index (χ3v) is 2.91. The van der Waals surface area contributed by atoms with Gasteiger partial charge in [0.25, 0.3) is 0 Å². The Morgan fingerprint density at radius 3 is 2.38 bits per heavy atom. The summed E-state index contributed by atoms with van der Waals surface area (Å²) in [7, 11) is 0. The molecule has 114 valence electrons. The van der Waals surface area contributed by atoms with Gasteiger partial charge in [-0.15, -0.1) is 0 Å². The quantitative estimate of drug-likeness (QED) is 0.670. The van der Waals surface area contributed by atoms with E-state index in [0.29, 0.717) is 16.3 Å². The van der Waals surface area contributed by atoms with E-state index in [1.54, 1.807) is 52.8 Å². The number of halogens is 1. The minimum Gasteiger partial charge on any atom is -0.444 e. The molecule has 21 heavy (non-hydrogen) atoms. The van der Waals surface area contributed by atoms with Crippen LogP contribution in [0.2, 0.25) is 5.02 Å². The molecule has 1 amide bonds.